The fraction of sp³-hybridized carbons (Fsp3) is 0.526. The summed E-state index contributed by atoms with van der Waals surface area (Å²) < 4.78 is 16.9. The van der Waals surface area contributed by atoms with Crippen LogP contribution in [0.3, 0.4) is 0 Å². The van der Waals surface area contributed by atoms with E-state index in [0.717, 1.165) is 44.5 Å². The lowest BCUT2D eigenvalue weighted by Gasteiger charge is -2.32. The van der Waals surface area contributed by atoms with Crippen LogP contribution in [0, 0.1) is 0 Å². The molecule has 1 aromatic heterocycles. The topological polar surface area (TPSA) is 69.6 Å². The third kappa shape index (κ3) is 4.04. The zero-order valence-electron chi connectivity index (χ0n) is 15.6. The second kappa shape index (κ2) is 8.80. The molecule has 0 spiro atoms. The van der Waals surface area contributed by atoms with E-state index in [1.54, 1.807) is 20.4 Å². The molecule has 1 saturated heterocycles. The van der Waals surface area contributed by atoms with Gasteiger partial charge in [0.15, 0.2) is 0 Å². The molecular formula is C19H26N4O3. The van der Waals surface area contributed by atoms with Crippen molar-refractivity contribution in [2.24, 2.45) is 0 Å². The van der Waals surface area contributed by atoms with Crippen LogP contribution in [-0.4, -0.2) is 55.2 Å². The smallest absolute Gasteiger partial charge is 0.246 e. The fourth-order valence-electron chi connectivity index (χ4n) is 3.19. The normalized spacial score (nSPS) is 17.2. The molecular weight excluding hydrogens is 332 g/mol. The number of rotatable bonds is 7. The lowest BCUT2D eigenvalue weighted by atomic mass is 10.1. The van der Waals surface area contributed by atoms with Gasteiger partial charge in [-0.15, -0.1) is 5.10 Å². The highest BCUT2D eigenvalue weighted by molar-refractivity contribution is 5.74. The first-order chi connectivity index (χ1) is 12.8. The van der Waals surface area contributed by atoms with Gasteiger partial charge in [-0.05, 0) is 31.4 Å². The molecule has 0 saturated carbocycles. The lowest BCUT2D eigenvalue weighted by molar-refractivity contribution is 0.0437. The first-order valence-electron chi connectivity index (χ1n) is 9.04. The highest BCUT2D eigenvalue weighted by Gasteiger charge is 2.23. The summed E-state index contributed by atoms with van der Waals surface area (Å²) in [4.78, 5) is 6.88. The molecule has 1 aromatic carbocycles. The van der Waals surface area contributed by atoms with Crippen LogP contribution in [0.2, 0.25) is 0 Å². The Balaban J connectivity index is 1.87. The van der Waals surface area contributed by atoms with E-state index < -0.39 is 0 Å². The summed E-state index contributed by atoms with van der Waals surface area (Å²) >= 11 is 0. The number of anilines is 1. The van der Waals surface area contributed by atoms with E-state index in [2.05, 4.69) is 22.0 Å². The maximum atomic E-state index is 5.91. The van der Waals surface area contributed by atoms with Gasteiger partial charge in [-0.3, -0.25) is 0 Å². The summed E-state index contributed by atoms with van der Waals surface area (Å²) in [5.41, 5.74) is 1.46. The quantitative estimate of drug-likeness (QED) is 0.753. The Morgan fingerprint density at radius 3 is 2.65 bits per heavy atom. The predicted molar refractivity (Wildman–Crippen MR) is 99.8 cm³/mol. The van der Waals surface area contributed by atoms with E-state index in [0.29, 0.717) is 23.1 Å². The lowest BCUT2D eigenvalue weighted by Crippen LogP contribution is -2.40. The third-order valence-corrected chi connectivity index (χ3v) is 4.45. The van der Waals surface area contributed by atoms with Gasteiger partial charge >= 0.3 is 0 Å². The van der Waals surface area contributed by atoms with E-state index in [9.17, 15) is 0 Å². The van der Waals surface area contributed by atoms with Crippen molar-refractivity contribution in [1.82, 2.24) is 15.2 Å². The van der Waals surface area contributed by atoms with E-state index in [1.807, 2.05) is 18.2 Å². The molecule has 26 heavy (non-hydrogen) atoms. The molecule has 0 bridgehead atoms. The summed E-state index contributed by atoms with van der Waals surface area (Å²) in [5.74, 6) is 2.00. The van der Waals surface area contributed by atoms with Crippen molar-refractivity contribution in [2.45, 2.75) is 32.3 Å². The molecule has 1 unspecified atom stereocenters. The Labute approximate surface area is 154 Å². The molecule has 0 N–H and O–H groups in total. The maximum Gasteiger partial charge on any atom is 0.246 e. The van der Waals surface area contributed by atoms with Crippen molar-refractivity contribution in [2.75, 3.05) is 38.8 Å². The average Bonchev–Trinajstić information content (AvgIpc) is 2.71. The number of hydrogen-bond donors (Lipinski definition) is 0. The van der Waals surface area contributed by atoms with Gasteiger partial charge in [0.1, 0.15) is 17.2 Å². The van der Waals surface area contributed by atoms with Gasteiger partial charge in [0, 0.05) is 19.7 Å². The van der Waals surface area contributed by atoms with Crippen LogP contribution >= 0.6 is 0 Å². The average molecular weight is 358 g/mol. The summed E-state index contributed by atoms with van der Waals surface area (Å²) in [5, 5.41) is 8.41. The SMILES string of the molecule is CCCOC1CCCN(c2nncc(-c3c(OC)cccc3OC)n2)C1. The Kier molecular flexibility index (Phi) is 6.22. The summed E-state index contributed by atoms with van der Waals surface area (Å²) in [6.45, 7) is 4.60. The van der Waals surface area contributed by atoms with Crippen molar-refractivity contribution in [1.29, 1.82) is 0 Å². The van der Waals surface area contributed by atoms with Crippen LogP contribution in [0.1, 0.15) is 26.2 Å². The minimum absolute atomic E-state index is 0.219. The molecule has 2 aromatic rings. The number of methoxy groups -OCH3 is 2. The molecule has 140 valence electrons. The molecule has 0 amide bonds. The number of hydrogen-bond acceptors (Lipinski definition) is 7. The fourth-order valence-corrected chi connectivity index (χ4v) is 3.19. The minimum atomic E-state index is 0.219. The first-order valence-corrected chi connectivity index (χ1v) is 9.04. The molecule has 1 aliphatic rings. The second-order valence-corrected chi connectivity index (χ2v) is 6.26. The molecule has 3 rings (SSSR count). The highest BCUT2D eigenvalue weighted by atomic mass is 16.5. The van der Waals surface area contributed by atoms with Crippen molar-refractivity contribution in [3.8, 4) is 22.8 Å². The van der Waals surface area contributed by atoms with Gasteiger partial charge in [-0.2, -0.15) is 5.10 Å². The van der Waals surface area contributed by atoms with Crippen LogP contribution in [0.25, 0.3) is 11.3 Å². The molecule has 1 atom stereocenters. The van der Waals surface area contributed by atoms with Crippen molar-refractivity contribution >= 4 is 5.95 Å². The van der Waals surface area contributed by atoms with Crippen LogP contribution in [0.15, 0.2) is 24.4 Å². The summed E-state index contributed by atoms with van der Waals surface area (Å²) in [6.07, 6.45) is 5.01. The van der Waals surface area contributed by atoms with Crippen LogP contribution in [-0.2, 0) is 4.74 Å². The van der Waals surface area contributed by atoms with Gasteiger partial charge in [0.05, 0.1) is 32.1 Å². The molecule has 2 heterocycles. The zero-order valence-corrected chi connectivity index (χ0v) is 15.6. The van der Waals surface area contributed by atoms with Crippen molar-refractivity contribution in [3.63, 3.8) is 0 Å². The number of nitrogens with zero attached hydrogens (tertiary/aromatic N) is 4. The van der Waals surface area contributed by atoms with Gasteiger partial charge < -0.3 is 19.1 Å². The standard InChI is InChI=1S/C19H26N4O3/c1-4-11-26-14-7-6-10-23(13-14)19-21-15(12-20-22-19)18-16(24-2)8-5-9-17(18)25-3/h5,8-9,12,14H,4,6-7,10-11,13H2,1-3H3. The molecule has 7 nitrogen and oxygen atoms in total. The summed E-state index contributed by atoms with van der Waals surface area (Å²) in [7, 11) is 3.27. The Morgan fingerprint density at radius 1 is 1.19 bits per heavy atom. The van der Waals surface area contributed by atoms with Crippen LogP contribution < -0.4 is 14.4 Å². The van der Waals surface area contributed by atoms with Crippen LogP contribution in [0.5, 0.6) is 11.5 Å². The predicted octanol–water partition coefficient (Wildman–Crippen LogP) is 2.95. The van der Waals surface area contributed by atoms with Gasteiger partial charge in [-0.25, -0.2) is 4.98 Å². The van der Waals surface area contributed by atoms with E-state index in [-0.39, 0.29) is 6.10 Å². The van der Waals surface area contributed by atoms with Gasteiger partial charge in [0.25, 0.3) is 0 Å². The van der Waals surface area contributed by atoms with Gasteiger partial charge in [0.2, 0.25) is 5.95 Å². The molecule has 0 radical (unpaired) electrons. The number of ether oxygens (including phenoxy) is 3. The molecule has 1 aliphatic heterocycles. The Morgan fingerprint density at radius 2 is 1.96 bits per heavy atom. The monoisotopic (exact) mass is 358 g/mol. The van der Waals surface area contributed by atoms with Crippen molar-refractivity contribution < 1.29 is 14.2 Å². The maximum absolute atomic E-state index is 5.91. The zero-order chi connectivity index (χ0) is 18.4. The van der Waals surface area contributed by atoms with E-state index >= 15 is 0 Å². The molecule has 0 aliphatic carbocycles. The van der Waals surface area contributed by atoms with Crippen molar-refractivity contribution in [3.05, 3.63) is 24.4 Å². The second-order valence-electron chi connectivity index (χ2n) is 6.26. The van der Waals surface area contributed by atoms with Crippen LogP contribution in [0.4, 0.5) is 5.95 Å². The van der Waals surface area contributed by atoms with E-state index in [1.165, 1.54) is 0 Å². The highest BCUT2D eigenvalue weighted by Crippen LogP contribution is 2.37. The number of piperidine rings is 1. The Bertz CT molecular complexity index is 703. The Hall–Kier alpha value is -2.41. The van der Waals surface area contributed by atoms with E-state index in [4.69, 9.17) is 19.2 Å². The minimum Gasteiger partial charge on any atom is -0.496 e. The van der Waals surface area contributed by atoms with Gasteiger partial charge in [-0.1, -0.05) is 13.0 Å². The number of aromatic nitrogens is 3. The summed E-state index contributed by atoms with van der Waals surface area (Å²) in [6, 6.07) is 5.65. The largest absolute Gasteiger partial charge is 0.496 e. The molecule has 1 fully saturated rings. The third-order valence-electron chi connectivity index (χ3n) is 4.45. The molecule has 7 heteroatoms. The number of benzene rings is 1. The first kappa shape index (κ1) is 18.4.